The van der Waals surface area contributed by atoms with E-state index in [-0.39, 0.29) is 0 Å². The fourth-order valence-electron chi connectivity index (χ4n) is 2.19. The topological polar surface area (TPSA) is 36.3 Å². The van der Waals surface area contributed by atoms with Gasteiger partial charge in [0.15, 0.2) is 0 Å². The molecule has 0 aliphatic rings. The molecule has 0 aliphatic heterocycles. The second kappa shape index (κ2) is 8.27. The highest BCUT2D eigenvalue weighted by atomic mass is 16.5. The third kappa shape index (κ3) is 4.31. The van der Waals surface area contributed by atoms with E-state index in [1.165, 1.54) is 5.69 Å². The smallest absolute Gasteiger partial charge is 0.128 e. The first-order chi connectivity index (χ1) is 9.65. The van der Waals surface area contributed by atoms with Gasteiger partial charge in [-0.3, -0.25) is 0 Å². The van der Waals surface area contributed by atoms with Gasteiger partial charge in [0.1, 0.15) is 5.75 Å². The molecule has 3 heteroatoms. The van der Waals surface area contributed by atoms with Crippen LogP contribution in [-0.2, 0) is 0 Å². The molecule has 0 aromatic heterocycles. The van der Waals surface area contributed by atoms with Gasteiger partial charge < -0.3 is 9.64 Å². The zero-order valence-electron chi connectivity index (χ0n) is 12.9. The van der Waals surface area contributed by atoms with Crippen molar-refractivity contribution >= 4 is 11.8 Å². The van der Waals surface area contributed by atoms with Crippen LogP contribution in [0.1, 0.15) is 39.2 Å². The van der Waals surface area contributed by atoms with E-state index in [9.17, 15) is 0 Å². The van der Waals surface area contributed by atoms with Gasteiger partial charge in [-0.1, -0.05) is 13.8 Å². The molecule has 0 fully saturated rings. The van der Waals surface area contributed by atoms with Crippen molar-refractivity contribution in [2.24, 2.45) is 0 Å². The summed E-state index contributed by atoms with van der Waals surface area (Å²) in [6, 6.07) is 8.32. The van der Waals surface area contributed by atoms with Gasteiger partial charge in [-0.05, 0) is 38.0 Å². The maximum Gasteiger partial charge on any atom is 0.128 e. The fraction of sp³-hybridized carbons (Fsp3) is 0.471. The van der Waals surface area contributed by atoms with E-state index >= 15 is 0 Å². The van der Waals surface area contributed by atoms with Crippen molar-refractivity contribution in [2.75, 3.05) is 25.1 Å². The van der Waals surface area contributed by atoms with Crippen LogP contribution in [0.3, 0.4) is 0 Å². The van der Waals surface area contributed by atoms with Crippen LogP contribution in [0.15, 0.2) is 23.8 Å². The molecule has 0 bridgehead atoms. The van der Waals surface area contributed by atoms with Crippen molar-refractivity contribution in [3.63, 3.8) is 0 Å². The van der Waals surface area contributed by atoms with Crippen molar-refractivity contribution < 1.29 is 4.74 Å². The lowest BCUT2D eigenvalue weighted by molar-refractivity contribution is 0.414. The van der Waals surface area contributed by atoms with Crippen LogP contribution >= 0.6 is 0 Å². The third-order valence-electron chi connectivity index (χ3n) is 3.12. The molecular formula is C17H24N2O. The molecule has 1 aromatic carbocycles. The molecule has 0 unspecified atom stereocenters. The van der Waals surface area contributed by atoms with Crippen molar-refractivity contribution in [3.8, 4) is 11.8 Å². The number of ether oxygens (including phenoxy) is 1. The average molecular weight is 272 g/mol. The fourth-order valence-corrected chi connectivity index (χ4v) is 2.19. The number of nitrogens with zero attached hydrogens (tertiary/aromatic N) is 2. The van der Waals surface area contributed by atoms with Gasteiger partial charge in [-0.2, -0.15) is 5.26 Å². The van der Waals surface area contributed by atoms with Gasteiger partial charge in [-0.25, -0.2) is 0 Å². The molecule has 1 aromatic rings. The van der Waals surface area contributed by atoms with Gasteiger partial charge in [0.2, 0.25) is 0 Å². The first-order valence-electron chi connectivity index (χ1n) is 7.17. The Hall–Kier alpha value is -1.95. The molecule has 3 nitrogen and oxygen atoms in total. The van der Waals surface area contributed by atoms with E-state index < -0.39 is 0 Å². The summed E-state index contributed by atoms with van der Waals surface area (Å²) >= 11 is 0. The molecule has 1 rings (SSSR count). The Morgan fingerprint density at radius 3 is 2.45 bits per heavy atom. The van der Waals surface area contributed by atoms with E-state index in [1.54, 1.807) is 14.0 Å². The number of allylic oxidation sites excluding steroid dienone is 1. The molecule has 0 amide bonds. The van der Waals surface area contributed by atoms with Gasteiger partial charge >= 0.3 is 0 Å². The van der Waals surface area contributed by atoms with Crippen LogP contribution in [0.5, 0.6) is 5.75 Å². The summed E-state index contributed by atoms with van der Waals surface area (Å²) in [5, 5.41) is 8.88. The molecule has 0 radical (unpaired) electrons. The standard InChI is InChI=1S/C17H24N2O/c1-5-9-19(10-6-2)16-8-7-15(11-14(3)13-18)17(12-16)20-4/h7-8,11-12H,5-6,9-10H2,1-4H3/b14-11-. The minimum Gasteiger partial charge on any atom is -0.496 e. The minimum absolute atomic E-state index is 0.676. The first kappa shape index (κ1) is 16.1. The van der Waals surface area contributed by atoms with Crippen LogP contribution in [0.25, 0.3) is 6.08 Å². The predicted octanol–water partition coefficient (Wildman–Crippen LogP) is 4.25. The second-order valence-corrected chi connectivity index (χ2v) is 4.85. The highest BCUT2D eigenvalue weighted by molar-refractivity contribution is 5.66. The molecule has 0 atom stereocenters. The number of methoxy groups -OCH3 is 1. The van der Waals surface area contributed by atoms with Crippen molar-refractivity contribution in [1.82, 2.24) is 0 Å². The van der Waals surface area contributed by atoms with Crippen LogP contribution in [0.2, 0.25) is 0 Å². The van der Waals surface area contributed by atoms with Gasteiger partial charge in [0.25, 0.3) is 0 Å². The summed E-state index contributed by atoms with van der Waals surface area (Å²) in [7, 11) is 1.67. The lowest BCUT2D eigenvalue weighted by Gasteiger charge is -2.24. The largest absolute Gasteiger partial charge is 0.496 e. The summed E-state index contributed by atoms with van der Waals surface area (Å²) in [6.07, 6.45) is 4.10. The molecule has 108 valence electrons. The van der Waals surface area contributed by atoms with Crippen LogP contribution in [0.4, 0.5) is 5.69 Å². The summed E-state index contributed by atoms with van der Waals surface area (Å²) in [6.45, 7) is 8.27. The first-order valence-corrected chi connectivity index (χ1v) is 7.17. The average Bonchev–Trinajstić information content (AvgIpc) is 2.47. The van der Waals surface area contributed by atoms with Crippen molar-refractivity contribution in [3.05, 3.63) is 29.3 Å². The number of hydrogen-bond acceptors (Lipinski definition) is 3. The lowest BCUT2D eigenvalue weighted by Crippen LogP contribution is -2.24. The van der Waals surface area contributed by atoms with E-state index in [2.05, 4.69) is 36.9 Å². The van der Waals surface area contributed by atoms with Gasteiger partial charge in [0, 0.05) is 36.0 Å². The molecule has 0 heterocycles. The SMILES string of the molecule is CCCN(CCC)c1ccc(/C=C(/C)C#N)c(OC)c1. The highest BCUT2D eigenvalue weighted by Gasteiger charge is 2.08. The predicted molar refractivity (Wildman–Crippen MR) is 85.1 cm³/mol. The Kier molecular flexibility index (Phi) is 6.66. The van der Waals surface area contributed by atoms with E-state index in [1.807, 2.05) is 12.1 Å². The molecule has 0 saturated heterocycles. The Labute approximate surface area is 122 Å². The molecule has 0 N–H and O–H groups in total. The molecule has 0 spiro atoms. The lowest BCUT2D eigenvalue weighted by atomic mass is 10.1. The second-order valence-electron chi connectivity index (χ2n) is 4.85. The molecule has 0 aliphatic carbocycles. The van der Waals surface area contributed by atoms with Gasteiger partial charge in [-0.15, -0.1) is 0 Å². The third-order valence-corrected chi connectivity index (χ3v) is 3.12. The highest BCUT2D eigenvalue weighted by Crippen LogP contribution is 2.27. The van der Waals surface area contributed by atoms with E-state index in [0.717, 1.165) is 37.2 Å². The maximum absolute atomic E-state index is 8.88. The summed E-state index contributed by atoms with van der Waals surface area (Å²) in [5.74, 6) is 0.814. The number of nitriles is 1. The zero-order valence-corrected chi connectivity index (χ0v) is 12.9. The summed E-state index contributed by atoms with van der Waals surface area (Å²) in [4.78, 5) is 2.37. The number of anilines is 1. The normalized spacial score (nSPS) is 11.1. The summed E-state index contributed by atoms with van der Waals surface area (Å²) in [5.41, 5.74) is 2.80. The van der Waals surface area contributed by atoms with E-state index in [4.69, 9.17) is 10.00 Å². The number of hydrogen-bond donors (Lipinski definition) is 0. The Balaban J connectivity index is 3.11. The monoisotopic (exact) mass is 272 g/mol. The van der Waals surface area contributed by atoms with Crippen molar-refractivity contribution in [2.45, 2.75) is 33.6 Å². The van der Waals surface area contributed by atoms with Crippen molar-refractivity contribution in [1.29, 1.82) is 5.26 Å². The summed E-state index contributed by atoms with van der Waals surface area (Å²) < 4.78 is 5.46. The van der Waals surface area contributed by atoms with Crippen LogP contribution in [0, 0.1) is 11.3 Å². The molecular weight excluding hydrogens is 248 g/mol. The van der Waals surface area contributed by atoms with Crippen LogP contribution < -0.4 is 9.64 Å². The number of benzene rings is 1. The maximum atomic E-state index is 8.88. The van der Waals surface area contributed by atoms with Gasteiger partial charge in [0.05, 0.1) is 13.2 Å². The molecule has 0 saturated carbocycles. The van der Waals surface area contributed by atoms with Crippen LogP contribution in [-0.4, -0.2) is 20.2 Å². The Bertz CT molecular complexity index is 494. The zero-order chi connectivity index (χ0) is 15.0. The Morgan fingerprint density at radius 1 is 1.30 bits per heavy atom. The quantitative estimate of drug-likeness (QED) is 0.696. The number of rotatable bonds is 7. The molecule has 20 heavy (non-hydrogen) atoms. The minimum atomic E-state index is 0.676. The Morgan fingerprint density at radius 2 is 1.95 bits per heavy atom. The van der Waals surface area contributed by atoms with E-state index in [0.29, 0.717) is 5.57 Å².